The zero-order valence-corrected chi connectivity index (χ0v) is 14.4. The summed E-state index contributed by atoms with van der Waals surface area (Å²) in [6.07, 6.45) is 3.65. The van der Waals surface area contributed by atoms with Gasteiger partial charge < -0.3 is 19.8 Å². The Morgan fingerprint density at radius 3 is 2.69 bits per heavy atom. The molecule has 3 rings (SSSR count). The first kappa shape index (κ1) is 17.5. The smallest absolute Gasteiger partial charge is 0.338 e. The van der Waals surface area contributed by atoms with E-state index < -0.39 is 12.0 Å². The molecule has 3 aromatic rings. The molecule has 1 aromatic heterocycles. The van der Waals surface area contributed by atoms with E-state index in [9.17, 15) is 4.79 Å². The van der Waals surface area contributed by atoms with Gasteiger partial charge in [0.25, 0.3) is 6.26 Å². The van der Waals surface area contributed by atoms with Crippen LogP contribution in [0.25, 0.3) is 10.9 Å². The SMILES string of the molecule is COc1ccccc1Cn1cc(C[C@H](N)C(=O)OC#N)c2ccccc21. The minimum Gasteiger partial charge on any atom is -0.496 e. The van der Waals surface area contributed by atoms with Crippen molar-refractivity contribution in [3.05, 3.63) is 65.9 Å². The van der Waals surface area contributed by atoms with Crippen LogP contribution in [0.5, 0.6) is 5.75 Å². The molecule has 0 spiro atoms. The summed E-state index contributed by atoms with van der Waals surface area (Å²) < 4.78 is 11.9. The van der Waals surface area contributed by atoms with Crippen LogP contribution in [0.15, 0.2) is 54.7 Å². The van der Waals surface area contributed by atoms with Crippen molar-refractivity contribution >= 4 is 16.9 Å². The lowest BCUT2D eigenvalue weighted by Gasteiger charge is -2.10. The average molecular weight is 349 g/mol. The van der Waals surface area contributed by atoms with Crippen LogP contribution in [-0.2, 0) is 22.5 Å². The quantitative estimate of drug-likeness (QED) is 0.546. The van der Waals surface area contributed by atoms with Gasteiger partial charge in [-0.1, -0.05) is 36.4 Å². The zero-order chi connectivity index (χ0) is 18.5. The molecule has 2 aromatic carbocycles. The number of nitrogens with zero attached hydrogens (tertiary/aromatic N) is 2. The van der Waals surface area contributed by atoms with E-state index in [1.54, 1.807) is 7.11 Å². The first-order valence-electron chi connectivity index (χ1n) is 8.18. The Labute approximate surface area is 151 Å². The van der Waals surface area contributed by atoms with Crippen molar-refractivity contribution < 1.29 is 14.3 Å². The summed E-state index contributed by atoms with van der Waals surface area (Å²) in [5.41, 5.74) is 8.90. The standard InChI is InChI=1S/C20H19N3O3/c1-25-19-9-5-2-6-14(19)11-23-12-15(10-17(22)20(24)26-13-21)16-7-3-4-8-18(16)23/h2-9,12,17H,10-11,22H2,1H3/t17-/m0/s1. The highest BCUT2D eigenvalue weighted by molar-refractivity contribution is 5.85. The highest BCUT2D eigenvalue weighted by Crippen LogP contribution is 2.26. The molecule has 26 heavy (non-hydrogen) atoms. The van der Waals surface area contributed by atoms with E-state index in [4.69, 9.17) is 15.7 Å². The highest BCUT2D eigenvalue weighted by atomic mass is 16.5. The lowest BCUT2D eigenvalue weighted by Crippen LogP contribution is -2.33. The van der Waals surface area contributed by atoms with Crippen molar-refractivity contribution in [2.75, 3.05) is 7.11 Å². The number of carbonyl (C=O) groups is 1. The van der Waals surface area contributed by atoms with Gasteiger partial charge in [0, 0.05) is 29.1 Å². The molecule has 0 amide bonds. The minimum atomic E-state index is -0.889. The molecule has 0 fully saturated rings. The normalized spacial score (nSPS) is 11.7. The van der Waals surface area contributed by atoms with Crippen LogP contribution in [-0.4, -0.2) is 23.7 Å². The predicted molar refractivity (Wildman–Crippen MR) is 97.4 cm³/mol. The highest BCUT2D eigenvalue weighted by Gasteiger charge is 2.19. The predicted octanol–water partition coefficient (Wildman–Crippen LogP) is 2.59. The number of nitrogens with two attached hydrogens (primary N) is 1. The second kappa shape index (κ2) is 7.72. The molecule has 2 N–H and O–H groups in total. The first-order chi connectivity index (χ1) is 12.6. The summed E-state index contributed by atoms with van der Waals surface area (Å²) >= 11 is 0. The number of para-hydroxylation sites is 2. The molecular weight excluding hydrogens is 330 g/mol. The third-order valence-electron chi connectivity index (χ3n) is 4.29. The Kier molecular flexibility index (Phi) is 5.20. The number of hydrogen-bond acceptors (Lipinski definition) is 5. The van der Waals surface area contributed by atoms with Gasteiger partial charge in [0.15, 0.2) is 0 Å². The Morgan fingerprint density at radius 2 is 1.92 bits per heavy atom. The molecule has 0 unspecified atom stereocenters. The molecule has 0 saturated carbocycles. The Morgan fingerprint density at radius 1 is 1.19 bits per heavy atom. The molecule has 0 bridgehead atoms. The second-order valence-electron chi connectivity index (χ2n) is 5.93. The van der Waals surface area contributed by atoms with Gasteiger partial charge in [-0.2, -0.15) is 0 Å². The average Bonchev–Trinajstić information content (AvgIpc) is 3.00. The van der Waals surface area contributed by atoms with Gasteiger partial charge in [0.1, 0.15) is 11.8 Å². The minimum absolute atomic E-state index is 0.292. The molecule has 0 aliphatic carbocycles. The number of benzene rings is 2. The van der Waals surface area contributed by atoms with Crippen molar-refractivity contribution in [1.82, 2.24) is 4.57 Å². The molecular formula is C20H19N3O3. The number of aromatic nitrogens is 1. The number of fused-ring (bicyclic) bond motifs is 1. The number of rotatable bonds is 6. The lowest BCUT2D eigenvalue weighted by atomic mass is 10.1. The van der Waals surface area contributed by atoms with Crippen LogP contribution in [0.1, 0.15) is 11.1 Å². The maximum atomic E-state index is 11.7. The van der Waals surface area contributed by atoms with Crippen LogP contribution in [0.3, 0.4) is 0 Å². The summed E-state index contributed by atoms with van der Waals surface area (Å²) in [6.45, 7) is 0.627. The largest absolute Gasteiger partial charge is 0.496 e. The number of esters is 1. The van der Waals surface area contributed by atoms with E-state index in [2.05, 4.69) is 9.30 Å². The summed E-state index contributed by atoms with van der Waals surface area (Å²) in [5.74, 6) is 0.0928. The van der Waals surface area contributed by atoms with Crippen LogP contribution in [0, 0.1) is 11.5 Å². The molecule has 6 heteroatoms. The van der Waals surface area contributed by atoms with E-state index in [1.807, 2.05) is 54.7 Å². The molecule has 1 atom stereocenters. The molecule has 0 aliphatic heterocycles. The molecule has 0 radical (unpaired) electrons. The number of carbonyl (C=O) groups excluding carboxylic acids is 1. The van der Waals surface area contributed by atoms with E-state index >= 15 is 0 Å². The van der Waals surface area contributed by atoms with Crippen LogP contribution >= 0.6 is 0 Å². The monoisotopic (exact) mass is 349 g/mol. The maximum Gasteiger partial charge on any atom is 0.338 e. The zero-order valence-electron chi connectivity index (χ0n) is 14.4. The van der Waals surface area contributed by atoms with Gasteiger partial charge in [0.05, 0.1) is 13.7 Å². The van der Waals surface area contributed by atoms with Gasteiger partial charge in [-0.25, -0.2) is 4.79 Å². The number of ether oxygens (including phenoxy) is 2. The van der Waals surface area contributed by atoms with Crippen LogP contribution < -0.4 is 10.5 Å². The van der Waals surface area contributed by atoms with Crippen molar-refractivity contribution in [1.29, 1.82) is 5.26 Å². The van der Waals surface area contributed by atoms with E-state index in [-0.39, 0.29) is 0 Å². The van der Waals surface area contributed by atoms with E-state index in [1.165, 1.54) is 6.26 Å². The Bertz CT molecular complexity index is 972. The second-order valence-corrected chi connectivity index (χ2v) is 5.93. The molecule has 0 saturated heterocycles. The van der Waals surface area contributed by atoms with Crippen molar-refractivity contribution in [2.24, 2.45) is 5.73 Å². The number of nitriles is 1. The summed E-state index contributed by atoms with van der Waals surface area (Å²) in [7, 11) is 1.65. The van der Waals surface area contributed by atoms with Gasteiger partial charge >= 0.3 is 5.97 Å². The summed E-state index contributed by atoms with van der Waals surface area (Å²) in [5, 5.41) is 9.49. The van der Waals surface area contributed by atoms with Crippen LogP contribution in [0.4, 0.5) is 0 Å². The molecule has 132 valence electrons. The fourth-order valence-electron chi connectivity index (χ4n) is 3.07. The Hall–Kier alpha value is -3.30. The Balaban J connectivity index is 1.95. The summed E-state index contributed by atoms with van der Waals surface area (Å²) in [4.78, 5) is 11.7. The number of methoxy groups -OCH3 is 1. The van der Waals surface area contributed by atoms with Gasteiger partial charge in [-0.15, -0.1) is 5.26 Å². The lowest BCUT2D eigenvalue weighted by molar-refractivity contribution is -0.138. The third kappa shape index (κ3) is 3.53. The van der Waals surface area contributed by atoms with E-state index in [0.717, 1.165) is 27.8 Å². The molecule has 1 heterocycles. The van der Waals surface area contributed by atoms with E-state index in [0.29, 0.717) is 13.0 Å². The molecule has 0 aliphatic rings. The van der Waals surface area contributed by atoms with Gasteiger partial charge in [-0.3, -0.25) is 0 Å². The van der Waals surface area contributed by atoms with Crippen molar-refractivity contribution in [3.63, 3.8) is 0 Å². The van der Waals surface area contributed by atoms with Gasteiger partial charge in [-0.05, 0) is 17.7 Å². The summed E-state index contributed by atoms with van der Waals surface area (Å²) in [6, 6.07) is 14.9. The fourth-order valence-corrected chi connectivity index (χ4v) is 3.07. The molecule has 6 nitrogen and oxygen atoms in total. The first-order valence-corrected chi connectivity index (χ1v) is 8.18. The third-order valence-corrected chi connectivity index (χ3v) is 4.29. The topological polar surface area (TPSA) is 90.3 Å². The maximum absolute atomic E-state index is 11.7. The van der Waals surface area contributed by atoms with Crippen molar-refractivity contribution in [2.45, 2.75) is 19.0 Å². The number of hydrogen-bond donors (Lipinski definition) is 1. The van der Waals surface area contributed by atoms with Crippen LogP contribution in [0.2, 0.25) is 0 Å². The van der Waals surface area contributed by atoms with Gasteiger partial charge in [0.2, 0.25) is 0 Å². The fraction of sp³-hybridized carbons (Fsp3) is 0.200. The van der Waals surface area contributed by atoms with Crippen molar-refractivity contribution in [3.8, 4) is 12.0 Å².